The molecule has 0 saturated carbocycles. The van der Waals surface area contributed by atoms with E-state index in [0.29, 0.717) is 5.56 Å². The van der Waals surface area contributed by atoms with Crippen LogP contribution in [-0.4, -0.2) is 23.9 Å². The molecular formula is C13H15BrFNO. The van der Waals surface area contributed by atoms with Crippen molar-refractivity contribution in [3.63, 3.8) is 0 Å². The van der Waals surface area contributed by atoms with E-state index in [1.165, 1.54) is 6.07 Å². The van der Waals surface area contributed by atoms with Crippen molar-refractivity contribution in [1.29, 1.82) is 0 Å². The summed E-state index contributed by atoms with van der Waals surface area (Å²) in [5, 5.41) is 0. The first-order valence-electron chi connectivity index (χ1n) is 5.85. The van der Waals surface area contributed by atoms with Crippen LogP contribution in [0.5, 0.6) is 0 Å². The van der Waals surface area contributed by atoms with Gasteiger partial charge in [0.2, 0.25) is 0 Å². The second kappa shape index (κ2) is 5.17. The highest BCUT2D eigenvalue weighted by Crippen LogP contribution is 2.24. The van der Waals surface area contributed by atoms with Crippen LogP contribution in [0, 0.1) is 12.7 Å². The van der Waals surface area contributed by atoms with Gasteiger partial charge in [-0.25, -0.2) is 4.39 Å². The Kier molecular flexibility index (Phi) is 3.82. The minimum atomic E-state index is -0.429. The molecule has 0 bridgehead atoms. The van der Waals surface area contributed by atoms with Gasteiger partial charge in [0.15, 0.2) is 0 Å². The molecule has 1 aliphatic rings. The smallest absolute Gasteiger partial charge is 0.257 e. The molecule has 1 amide bonds. The van der Waals surface area contributed by atoms with Gasteiger partial charge in [-0.05, 0) is 43.9 Å². The van der Waals surface area contributed by atoms with Crippen LogP contribution in [0.4, 0.5) is 4.39 Å². The second-order valence-electron chi connectivity index (χ2n) is 4.38. The van der Waals surface area contributed by atoms with Crippen molar-refractivity contribution in [2.24, 2.45) is 0 Å². The van der Waals surface area contributed by atoms with Crippen molar-refractivity contribution in [2.45, 2.75) is 26.2 Å². The van der Waals surface area contributed by atoms with Crippen molar-refractivity contribution < 1.29 is 9.18 Å². The number of hydrogen-bond acceptors (Lipinski definition) is 1. The second-order valence-corrected chi connectivity index (χ2v) is 5.24. The third kappa shape index (κ3) is 2.51. The van der Waals surface area contributed by atoms with Crippen molar-refractivity contribution in [1.82, 2.24) is 4.90 Å². The maximum Gasteiger partial charge on any atom is 0.257 e. The molecule has 4 heteroatoms. The van der Waals surface area contributed by atoms with Gasteiger partial charge in [-0.3, -0.25) is 4.79 Å². The van der Waals surface area contributed by atoms with Gasteiger partial charge in [-0.1, -0.05) is 15.9 Å². The third-order valence-corrected chi connectivity index (χ3v) is 4.06. The number of amides is 1. The fourth-order valence-corrected chi connectivity index (χ4v) is 2.50. The van der Waals surface area contributed by atoms with Crippen LogP contribution in [0.15, 0.2) is 16.6 Å². The summed E-state index contributed by atoms with van der Waals surface area (Å²) in [6, 6.07) is 2.98. The van der Waals surface area contributed by atoms with E-state index in [2.05, 4.69) is 15.9 Å². The van der Waals surface area contributed by atoms with E-state index in [1.54, 1.807) is 17.9 Å². The van der Waals surface area contributed by atoms with Crippen LogP contribution in [0.2, 0.25) is 0 Å². The first-order valence-corrected chi connectivity index (χ1v) is 6.64. The molecule has 0 aromatic heterocycles. The van der Waals surface area contributed by atoms with Crippen molar-refractivity contribution in [2.75, 3.05) is 13.1 Å². The molecule has 1 aromatic rings. The molecule has 1 saturated heterocycles. The number of benzene rings is 1. The zero-order valence-electron chi connectivity index (χ0n) is 9.80. The number of piperidine rings is 1. The standard InChI is InChI=1S/C13H15BrFNO/c1-9-10(14)5-6-11(15)12(9)13(17)16-7-3-2-4-8-16/h5-6H,2-4,7-8H2,1H3. The summed E-state index contributed by atoms with van der Waals surface area (Å²) >= 11 is 3.34. The van der Waals surface area contributed by atoms with Crippen molar-refractivity contribution in [3.05, 3.63) is 33.5 Å². The lowest BCUT2D eigenvalue weighted by Crippen LogP contribution is -2.36. The summed E-state index contributed by atoms with van der Waals surface area (Å²) in [7, 11) is 0. The van der Waals surface area contributed by atoms with Crippen LogP contribution in [0.3, 0.4) is 0 Å². The maximum atomic E-state index is 13.8. The van der Waals surface area contributed by atoms with E-state index in [4.69, 9.17) is 0 Å². The van der Waals surface area contributed by atoms with Crippen LogP contribution < -0.4 is 0 Å². The minimum absolute atomic E-state index is 0.180. The van der Waals surface area contributed by atoms with E-state index in [-0.39, 0.29) is 11.5 Å². The monoisotopic (exact) mass is 299 g/mol. The van der Waals surface area contributed by atoms with Crippen LogP contribution in [0.25, 0.3) is 0 Å². The zero-order valence-corrected chi connectivity index (χ0v) is 11.4. The molecule has 0 N–H and O–H groups in total. The van der Waals surface area contributed by atoms with E-state index in [1.807, 2.05) is 0 Å². The Morgan fingerprint density at radius 1 is 1.29 bits per heavy atom. The van der Waals surface area contributed by atoms with Gasteiger partial charge >= 0.3 is 0 Å². The Balaban J connectivity index is 2.32. The number of rotatable bonds is 1. The average Bonchev–Trinajstić information content (AvgIpc) is 2.35. The summed E-state index contributed by atoms with van der Waals surface area (Å²) < 4.78 is 14.5. The number of likely N-dealkylation sites (tertiary alicyclic amines) is 1. The molecule has 2 nitrogen and oxygen atoms in total. The highest BCUT2D eigenvalue weighted by atomic mass is 79.9. The summed E-state index contributed by atoms with van der Waals surface area (Å²) in [5.41, 5.74) is 0.891. The molecule has 0 radical (unpaired) electrons. The Morgan fingerprint density at radius 3 is 2.59 bits per heavy atom. The fourth-order valence-electron chi connectivity index (χ4n) is 2.17. The van der Waals surface area contributed by atoms with Gasteiger partial charge < -0.3 is 4.90 Å². The fraction of sp³-hybridized carbons (Fsp3) is 0.462. The van der Waals surface area contributed by atoms with E-state index in [0.717, 1.165) is 36.8 Å². The quantitative estimate of drug-likeness (QED) is 0.777. The Morgan fingerprint density at radius 2 is 1.94 bits per heavy atom. The first-order chi connectivity index (χ1) is 8.11. The van der Waals surface area contributed by atoms with Gasteiger partial charge in [0.25, 0.3) is 5.91 Å². The van der Waals surface area contributed by atoms with Crippen LogP contribution in [0.1, 0.15) is 35.2 Å². The van der Waals surface area contributed by atoms with Gasteiger partial charge in [0.05, 0.1) is 5.56 Å². The third-order valence-electron chi connectivity index (χ3n) is 3.21. The van der Waals surface area contributed by atoms with Crippen LogP contribution in [-0.2, 0) is 0 Å². The lowest BCUT2D eigenvalue weighted by Gasteiger charge is -2.27. The normalized spacial score (nSPS) is 16.1. The number of halogens is 2. The van der Waals surface area contributed by atoms with E-state index < -0.39 is 5.82 Å². The molecule has 0 atom stereocenters. The van der Waals surface area contributed by atoms with Crippen LogP contribution >= 0.6 is 15.9 Å². The predicted molar refractivity (Wildman–Crippen MR) is 68.6 cm³/mol. The molecule has 17 heavy (non-hydrogen) atoms. The van der Waals surface area contributed by atoms with Gasteiger partial charge in [0, 0.05) is 17.6 Å². The zero-order chi connectivity index (χ0) is 12.4. The molecular weight excluding hydrogens is 285 g/mol. The summed E-state index contributed by atoms with van der Waals surface area (Å²) in [6.07, 6.45) is 3.19. The number of hydrogen-bond donors (Lipinski definition) is 0. The Bertz CT molecular complexity index is 441. The molecule has 0 aliphatic carbocycles. The maximum absolute atomic E-state index is 13.8. The summed E-state index contributed by atoms with van der Waals surface area (Å²) in [6.45, 7) is 3.25. The molecule has 0 unspecified atom stereocenters. The molecule has 1 aliphatic heterocycles. The first kappa shape index (κ1) is 12.6. The highest BCUT2D eigenvalue weighted by molar-refractivity contribution is 9.10. The van der Waals surface area contributed by atoms with E-state index in [9.17, 15) is 9.18 Å². The molecule has 1 heterocycles. The topological polar surface area (TPSA) is 20.3 Å². The number of nitrogens with zero attached hydrogens (tertiary/aromatic N) is 1. The minimum Gasteiger partial charge on any atom is -0.339 e. The van der Waals surface area contributed by atoms with Gasteiger partial charge in [-0.15, -0.1) is 0 Å². The Labute approximate surface area is 109 Å². The largest absolute Gasteiger partial charge is 0.339 e. The molecule has 0 spiro atoms. The molecule has 92 valence electrons. The predicted octanol–water partition coefficient (Wildman–Crippen LogP) is 3.52. The SMILES string of the molecule is Cc1c(Br)ccc(F)c1C(=O)N1CCCCC1. The highest BCUT2D eigenvalue weighted by Gasteiger charge is 2.23. The van der Waals surface area contributed by atoms with E-state index >= 15 is 0 Å². The molecule has 1 fully saturated rings. The Hall–Kier alpha value is -0.900. The van der Waals surface area contributed by atoms with Gasteiger partial charge in [0.1, 0.15) is 5.82 Å². The lowest BCUT2D eigenvalue weighted by molar-refractivity contribution is 0.0718. The van der Waals surface area contributed by atoms with Crippen molar-refractivity contribution >= 4 is 21.8 Å². The average molecular weight is 300 g/mol. The van der Waals surface area contributed by atoms with Crippen molar-refractivity contribution in [3.8, 4) is 0 Å². The number of carbonyl (C=O) groups excluding carboxylic acids is 1. The summed E-state index contributed by atoms with van der Waals surface area (Å²) in [4.78, 5) is 14.0. The molecule has 2 rings (SSSR count). The summed E-state index contributed by atoms with van der Waals surface area (Å²) in [5.74, 6) is -0.609. The number of carbonyl (C=O) groups is 1. The lowest BCUT2D eigenvalue weighted by atomic mass is 10.0. The van der Waals surface area contributed by atoms with Gasteiger partial charge in [-0.2, -0.15) is 0 Å². The molecule has 1 aromatic carbocycles.